The minimum Gasteiger partial charge on any atom is -0.357 e. The molecule has 0 aliphatic heterocycles. The van der Waals surface area contributed by atoms with Gasteiger partial charge in [-0.1, -0.05) is 12.1 Å². The van der Waals surface area contributed by atoms with Crippen LogP contribution in [0.4, 0.5) is 4.39 Å². The average molecular weight is 473 g/mol. The maximum Gasteiger partial charge on any atom is 0.191 e. The molecule has 2 N–H and O–H groups in total. The van der Waals surface area contributed by atoms with E-state index in [2.05, 4.69) is 34.6 Å². The third-order valence-corrected chi connectivity index (χ3v) is 4.23. The van der Waals surface area contributed by atoms with Crippen LogP contribution < -0.4 is 10.6 Å². The van der Waals surface area contributed by atoms with E-state index in [-0.39, 0.29) is 35.8 Å². The quantitative estimate of drug-likeness (QED) is 0.384. The lowest BCUT2D eigenvalue weighted by Gasteiger charge is -2.18. The predicted octanol–water partition coefficient (Wildman–Crippen LogP) is 3.48. The Labute approximate surface area is 172 Å². The second-order valence-electron chi connectivity index (χ2n) is 6.34. The lowest BCUT2D eigenvalue weighted by Crippen LogP contribution is -2.43. The maximum absolute atomic E-state index is 13.0. The van der Waals surface area contributed by atoms with E-state index in [0.717, 1.165) is 30.2 Å². The van der Waals surface area contributed by atoms with E-state index in [0.29, 0.717) is 6.54 Å². The molecule has 0 amide bonds. The van der Waals surface area contributed by atoms with Gasteiger partial charge in [0.25, 0.3) is 0 Å². The normalized spacial score (nSPS) is 12.5. The highest BCUT2D eigenvalue weighted by molar-refractivity contribution is 14.0. The van der Waals surface area contributed by atoms with Crippen molar-refractivity contribution in [3.63, 3.8) is 0 Å². The molecule has 5 nitrogen and oxygen atoms in total. The molecule has 144 valence electrons. The maximum atomic E-state index is 13.0. The zero-order chi connectivity index (χ0) is 18.4. The van der Waals surface area contributed by atoms with Crippen molar-refractivity contribution in [3.8, 4) is 0 Å². The van der Waals surface area contributed by atoms with Gasteiger partial charge in [0.2, 0.25) is 0 Å². The van der Waals surface area contributed by atoms with Gasteiger partial charge in [-0.25, -0.2) is 9.38 Å². The zero-order valence-electron chi connectivity index (χ0n) is 16.1. The molecule has 1 aromatic carbocycles. The summed E-state index contributed by atoms with van der Waals surface area (Å²) in [5, 5.41) is 11.2. The summed E-state index contributed by atoms with van der Waals surface area (Å²) in [6.07, 6.45) is 0.881. The van der Waals surface area contributed by atoms with Crippen LogP contribution in [0.2, 0.25) is 0 Å². The molecule has 1 atom stereocenters. The molecule has 2 aromatic rings. The summed E-state index contributed by atoms with van der Waals surface area (Å²) in [5.41, 5.74) is 4.52. The lowest BCUT2D eigenvalue weighted by atomic mass is 10.1. The van der Waals surface area contributed by atoms with Crippen molar-refractivity contribution in [3.05, 3.63) is 52.6 Å². The molecule has 1 heterocycles. The Balaban J connectivity index is 0.00000338. The van der Waals surface area contributed by atoms with Crippen LogP contribution >= 0.6 is 24.0 Å². The number of nitrogens with zero attached hydrogens (tertiary/aromatic N) is 3. The third-order valence-electron chi connectivity index (χ3n) is 4.23. The molecule has 0 aliphatic rings. The molecule has 7 heteroatoms. The minimum atomic E-state index is -0.228. The van der Waals surface area contributed by atoms with Gasteiger partial charge in [-0.15, -0.1) is 24.0 Å². The van der Waals surface area contributed by atoms with Crippen molar-refractivity contribution in [1.82, 2.24) is 20.4 Å². The summed E-state index contributed by atoms with van der Waals surface area (Å²) in [6.45, 7) is 9.60. The highest BCUT2D eigenvalue weighted by atomic mass is 127. The van der Waals surface area contributed by atoms with E-state index in [9.17, 15) is 4.39 Å². The highest BCUT2D eigenvalue weighted by Crippen LogP contribution is 2.14. The number of benzene rings is 1. The summed E-state index contributed by atoms with van der Waals surface area (Å²) in [7, 11) is 1.97. The number of hydrogen-bond acceptors (Lipinski definition) is 2. The number of aromatic nitrogens is 2. The third kappa shape index (κ3) is 6.26. The van der Waals surface area contributed by atoms with Crippen LogP contribution in [0.3, 0.4) is 0 Å². The highest BCUT2D eigenvalue weighted by Gasteiger charge is 2.14. The van der Waals surface area contributed by atoms with Gasteiger partial charge < -0.3 is 10.6 Å². The molecule has 26 heavy (non-hydrogen) atoms. The smallest absolute Gasteiger partial charge is 0.191 e. The second kappa shape index (κ2) is 10.5. The molecule has 0 fully saturated rings. The van der Waals surface area contributed by atoms with Crippen molar-refractivity contribution >= 4 is 29.9 Å². The lowest BCUT2D eigenvalue weighted by molar-refractivity contribution is 0.626. The number of aryl methyl sites for hydroxylation is 2. The van der Waals surface area contributed by atoms with Gasteiger partial charge in [-0.3, -0.25) is 4.68 Å². The first-order chi connectivity index (χ1) is 11.9. The van der Waals surface area contributed by atoms with Gasteiger partial charge in [-0.2, -0.15) is 5.10 Å². The van der Waals surface area contributed by atoms with Crippen LogP contribution in [0, 0.1) is 19.7 Å². The SMILES string of the molecule is CCNC(=NCc1ccc(F)cc1)NC(C)Cc1c(C)nn(C)c1C.I. The Morgan fingerprint density at radius 3 is 2.46 bits per heavy atom. The van der Waals surface area contributed by atoms with Gasteiger partial charge in [0.1, 0.15) is 5.82 Å². The van der Waals surface area contributed by atoms with Crippen LogP contribution in [-0.4, -0.2) is 28.3 Å². The largest absolute Gasteiger partial charge is 0.357 e. The number of guanidine groups is 1. The molecule has 0 spiro atoms. The van der Waals surface area contributed by atoms with E-state index in [1.54, 1.807) is 12.1 Å². The van der Waals surface area contributed by atoms with Crippen LogP contribution in [0.25, 0.3) is 0 Å². The van der Waals surface area contributed by atoms with Crippen molar-refractivity contribution in [2.75, 3.05) is 6.54 Å². The van der Waals surface area contributed by atoms with Crippen molar-refractivity contribution in [2.45, 2.75) is 46.7 Å². The van der Waals surface area contributed by atoms with Gasteiger partial charge >= 0.3 is 0 Å². The van der Waals surface area contributed by atoms with Crippen LogP contribution in [0.1, 0.15) is 36.4 Å². The number of aliphatic imine (C=N–C) groups is 1. The van der Waals surface area contributed by atoms with E-state index in [1.807, 2.05) is 25.6 Å². The molecule has 0 saturated heterocycles. The molecule has 0 aliphatic carbocycles. The van der Waals surface area contributed by atoms with E-state index in [4.69, 9.17) is 0 Å². The van der Waals surface area contributed by atoms with Crippen molar-refractivity contribution in [2.24, 2.45) is 12.0 Å². The Bertz CT molecular complexity index is 724. The fraction of sp³-hybridized carbons (Fsp3) is 0.474. The van der Waals surface area contributed by atoms with Crippen LogP contribution in [0.5, 0.6) is 0 Å². The van der Waals surface area contributed by atoms with Crippen molar-refractivity contribution < 1.29 is 4.39 Å². The van der Waals surface area contributed by atoms with E-state index >= 15 is 0 Å². The van der Waals surface area contributed by atoms with Gasteiger partial charge in [0.05, 0.1) is 12.2 Å². The first-order valence-corrected chi connectivity index (χ1v) is 8.69. The predicted molar refractivity (Wildman–Crippen MR) is 116 cm³/mol. The standard InChI is InChI=1S/C19H28FN5.HI/c1-6-21-19(22-12-16-7-9-17(20)10-8-16)23-13(2)11-18-14(3)24-25(5)15(18)4;/h7-10,13H,6,11-12H2,1-5H3,(H2,21,22,23);1H. The summed E-state index contributed by atoms with van der Waals surface area (Å²) >= 11 is 0. The zero-order valence-corrected chi connectivity index (χ0v) is 18.5. The van der Waals surface area contributed by atoms with E-state index in [1.165, 1.54) is 23.4 Å². The fourth-order valence-corrected chi connectivity index (χ4v) is 2.78. The number of hydrogen-bond donors (Lipinski definition) is 2. The summed E-state index contributed by atoms with van der Waals surface area (Å²) in [5.74, 6) is 0.534. The topological polar surface area (TPSA) is 54.2 Å². The monoisotopic (exact) mass is 473 g/mol. The summed E-state index contributed by atoms with van der Waals surface area (Å²) in [4.78, 5) is 4.60. The first-order valence-electron chi connectivity index (χ1n) is 8.69. The van der Waals surface area contributed by atoms with Gasteiger partial charge in [0, 0.05) is 25.3 Å². The van der Waals surface area contributed by atoms with Crippen LogP contribution in [-0.2, 0) is 20.0 Å². The Morgan fingerprint density at radius 2 is 1.92 bits per heavy atom. The second-order valence-corrected chi connectivity index (χ2v) is 6.34. The molecular formula is C19H29FIN5. The van der Waals surface area contributed by atoms with Gasteiger partial charge in [-0.05, 0) is 57.4 Å². The summed E-state index contributed by atoms with van der Waals surface area (Å²) in [6, 6.07) is 6.65. The van der Waals surface area contributed by atoms with Crippen LogP contribution in [0.15, 0.2) is 29.3 Å². The summed E-state index contributed by atoms with van der Waals surface area (Å²) < 4.78 is 14.9. The molecule has 0 bridgehead atoms. The first kappa shape index (κ1) is 22.4. The van der Waals surface area contributed by atoms with Gasteiger partial charge in [0.15, 0.2) is 5.96 Å². The van der Waals surface area contributed by atoms with Crippen molar-refractivity contribution in [1.29, 1.82) is 0 Å². The molecule has 0 radical (unpaired) electrons. The minimum absolute atomic E-state index is 0. The fourth-order valence-electron chi connectivity index (χ4n) is 2.78. The molecular weight excluding hydrogens is 444 g/mol. The molecule has 2 rings (SSSR count). The molecule has 1 aromatic heterocycles. The Hall–Kier alpha value is -1.64. The Morgan fingerprint density at radius 1 is 1.27 bits per heavy atom. The molecule has 0 saturated carbocycles. The number of rotatable bonds is 6. The number of nitrogens with one attached hydrogen (secondary N) is 2. The number of halogens is 2. The van der Waals surface area contributed by atoms with E-state index < -0.39 is 0 Å². The Kier molecular flexibility index (Phi) is 9.04. The molecule has 1 unspecified atom stereocenters. The average Bonchev–Trinajstić information content (AvgIpc) is 2.80.